The van der Waals surface area contributed by atoms with E-state index in [-0.39, 0.29) is 99.5 Å². The number of anilines is 7. The van der Waals surface area contributed by atoms with Crippen molar-refractivity contribution in [1.29, 1.82) is 0 Å². The average molecular weight is 1730 g/mol. The molecule has 34 heteroatoms. The Hall–Kier alpha value is -9.22. The number of carbonyl (C=O) groups is 6. The smallest absolute Gasteiger partial charge is 0.229 e. The number of rotatable bonds is 16. The molecule has 26 nitrogen and oxygen atoms in total. The third-order valence-corrected chi connectivity index (χ3v) is 21.0. The lowest BCUT2D eigenvalue weighted by Crippen LogP contribution is -2.45. The van der Waals surface area contributed by atoms with E-state index in [2.05, 4.69) is 124 Å². The van der Waals surface area contributed by atoms with E-state index in [0.29, 0.717) is 67.5 Å². The molecule has 6 saturated carbocycles. The van der Waals surface area contributed by atoms with Gasteiger partial charge >= 0.3 is 0 Å². The number of hydrogen-bond acceptors (Lipinski definition) is 21. The van der Waals surface area contributed by atoms with Crippen LogP contribution in [0.5, 0.6) is 0 Å². The first kappa shape index (κ1) is 85.7. The van der Waals surface area contributed by atoms with Crippen LogP contribution in [0.25, 0.3) is 22.3 Å². The van der Waals surface area contributed by atoms with Gasteiger partial charge in [0.2, 0.25) is 64.5 Å². The summed E-state index contributed by atoms with van der Waals surface area (Å²) in [7, 11) is 4.31. The molecular weight excluding hydrogens is 1640 g/mol. The molecular formula is C80H92Br2ClF5N16O10. The Morgan fingerprint density at radius 1 is 0.430 bits per heavy atom. The molecule has 2 unspecified atom stereocenters. The number of furan rings is 2. The van der Waals surface area contributed by atoms with Crippen molar-refractivity contribution >= 4 is 119 Å². The summed E-state index contributed by atoms with van der Waals surface area (Å²) in [6, 6.07) is 23.2. The van der Waals surface area contributed by atoms with Crippen LogP contribution in [-0.4, -0.2) is 167 Å². The maximum atomic E-state index is 13.9. The predicted molar refractivity (Wildman–Crippen MR) is 427 cm³/mol. The minimum absolute atomic E-state index is 0.0566. The second kappa shape index (κ2) is 41.9. The molecule has 8 aromatic heterocycles. The fraction of sp³-hybridized carbons (Fsp3) is 0.450. The normalized spacial score (nSPS) is 18.8. The summed E-state index contributed by atoms with van der Waals surface area (Å²) in [5.41, 5.74) is 8.96. The van der Waals surface area contributed by atoms with Gasteiger partial charge in [0.05, 0.1) is 47.2 Å². The molecule has 0 aromatic carbocycles. The number of piperazine rings is 2. The molecule has 114 heavy (non-hydrogen) atoms. The molecule has 8 N–H and O–H groups in total. The molecule has 8 aromatic rings. The maximum absolute atomic E-state index is 13.9. The third-order valence-electron chi connectivity index (χ3n) is 19.6. The topological polar surface area (TPSA) is 332 Å². The fourth-order valence-corrected chi connectivity index (χ4v) is 12.3. The molecule has 4 saturated heterocycles. The zero-order valence-corrected chi connectivity index (χ0v) is 67.0. The molecule has 608 valence electrons. The van der Waals surface area contributed by atoms with Gasteiger partial charge < -0.3 is 70.6 Å². The number of nitrogen functional groups attached to an aromatic ring is 1. The monoisotopic (exact) mass is 1720 g/mol. The van der Waals surface area contributed by atoms with Gasteiger partial charge in [-0.3, -0.25) is 28.8 Å². The van der Waals surface area contributed by atoms with Crippen molar-refractivity contribution in [2.45, 2.75) is 102 Å². The summed E-state index contributed by atoms with van der Waals surface area (Å²) in [6.07, 6.45) is 19.1. The lowest BCUT2D eigenvalue weighted by atomic mass is 9.98. The Bertz CT molecular complexity index is 4450. The highest BCUT2D eigenvalue weighted by atomic mass is 79.9. The molecule has 10 fully saturated rings. The Morgan fingerprint density at radius 2 is 0.789 bits per heavy atom. The van der Waals surface area contributed by atoms with Gasteiger partial charge in [0.15, 0.2) is 0 Å². The van der Waals surface area contributed by atoms with Crippen molar-refractivity contribution in [1.82, 2.24) is 45.0 Å². The summed E-state index contributed by atoms with van der Waals surface area (Å²) in [5.74, 6) is 1.13. The Kier molecular flexibility index (Phi) is 31.5. The van der Waals surface area contributed by atoms with Gasteiger partial charge in [0.1, 0.15) is 40.7 Å². The van der Waals surface area contributed by atoms with Crippen LogP contribution < -0.4 is 42.5 Å². The number of nitrogens with zero attached hydrogens (tertiary/aromatic N) is 9. The minimum atomic E-state index is -0.620. The zero-order valence-electron chi connectivity index (χ0n) is 63.1. The second-order valence-electron chi connectivity index (χ2n) is 29.1. The van der Waals surface area contributed by atoms with E-state index in [0.717, 1.165) is 148 Å². The van der Waals surface area contributed by atoms with Gasteiger partial charge in [-0.1, -0.05) is 12.1 Å². The van der Waals surface area contributed by atoms with Gasteiger partial charge in [0.25, 0.3) is 0 Å². The van der Waals surface area contributed by atoms with Crippen LogP contribution in [0, 0.1) is 65.2 Å². The molecule has 6 aliphatic carbocycles. The van der Waals surface area contributed by atoms with E-state index < -0.39 is 29.7 Å². The highest BCUT2D eigenvalue weighted by Gasteiger charge is 2.35. The minimum Gasteiger partial charge on any atom is -0.472 e. The molecule has 0 bridgehead atoms. The van der Waals surface area contributed by atoms with Crippen LogP contribution in [0.2, 0.25) is 0 Å². The van der Waals surface area contributed by atoms with Crippen molar-refractivity contribution in [2.24, 2.45) is 35.5 Å². The summed E-state index contributed by atoms with van der Waals surface area (Å²) in [6.45, 7) is 11.6. The lowest BCUT2D eigenvalue weighted by molar-refractivity contribution is -0.118. The number of halogens is 8. The molecule has 4 aliphatic heterocycles. The van der Waals surface area contributed by atoms with Crippen LogP contribution in [0.1, 0.15) is 113 Å². The SMILES string of the molecule is CN1CCN(c2nc(NC(=O)C3CC3)ccc2C2CCOC2)CC1.CN1CCNCC1.Nc1ccc(Br)c(F)n1.O=C(Cl)C1CC1.O=C(Nc1ccc(-c2ccoc2)c(F)n1)C1CC1.O=C(Nc1ccc(-c2ccoc2)c(F)n1)C1CC1.O=C(Nc1ccc(Br)c(F)n1)C1CC1.O=C(Nc1ccc(C2CCOC2)c(F)n1)C1CC1. The van der Waals surface area contributed by atoms with Gasteiger partial charge in [0, 0.05) is 146 Å². The van der Waals surface area contributed by atoms with Gasteiger partial charge in [-0.15, -0.1) is 0 Å². The van der Waals surface area contributed by atoms with Crippen molar-refractivity contribution < 1.29 is 69.0 Å². The van der Waals surface area contributed by atoms with Crippen molar-refractivity contribution in [3.63, 3.8) is 0 Å². The quantitative estimate of drug-likeness (QED) is 0.0268. The second-order valence-corrected chi connectivity index (χ2v) is 31.2. The first-order valence-corrected chi connectivity index (χ1v) is 40.1. The van der Waals surface area contributed by atoms with E-state index in [1.54, 1.807) is 54.6 Å². The summed E-state index contributed by atoms with van der Waals surface area (Å²) >= 11 is 11.0. The average Bonchev–Trinajstić information content (AvgIpc) is 1.53. The molecule has 18 rings (SSSR count). The zero-order chi connectivity index (χ0) is 80.8. The van der Waals surface area contributed by atoms with Gasteiger partial charge in [-0.2, -0.15) is 22.0 Å². The molecule has 0 spiro atoms. The van der Waals surface area contributed by atoms with Crippen LogP contribution in [0.15, 0.2) is 128 Å². The highest BCUT2D eigenvalue weighted by Crippen LogP contribution is 2.38. The molecule has 12 heterocycles. The number of carbonyl (C=O) groups excluding carboxylic acids is 6. The maximum Gasteiger partial charge on any atom is 0.229 e. The van der Waals surface area contributed by atoms with E-state index in [4.69, 9.17) is 40.6 Å². The third kappa shape index (κ3) is 27.5. The van der Waals surface area contributed by atoms with Crippen molar-refractivity contribution in [3.8, 4) is 22.3 Å². The van der Waals surface area contributed by atoms with Crippen LogP contribution in [0.4, 0.5) is 62.7 Å². The van der Waals surface area contributed by atoms with Crippen molar-refractivity contribution in [3.05, 3.63) is 160 Å². The number of nitrogens with one attached hydrogen (secondary N) is 6. The first-order valence-electron chi connectivity index (χ1n) is 38.2. The number of nitrogens with two attached hydrogens (primary N) is 1. The summed E-state index contributed by atoms with van der Waals surface area (Å²) in [4.78, 5) is 97.9. The van der Waals surface area contributed by atoms with E-state index >= 15 is 0 Å². The number of aromatic nitrogens is 6. The Balaban J connectivity index is 0.000000132. The number of likely N-dealkylation sites (N-methyl/N-ethyl adjacent to an activating group) is 2. The fourth-order valence-electron chi connectivity index (χ4n) is 11.6. The molecule has 10 aliphatic rings. The largest absolute Gasteiger partial charge is 0.472 e. The lowest BCUT2D eigenvalue weighted by Gasteiger charge is -2.35. The van der Waals surface area contributed by atoms with E-state index in [1.165, 1.54) is 61.9 Å². The number of ether oxygens (including phenoxy) is 2. The van der Waals surface area contributed by atoms with E-state index in [1.807, 2.05) is 6.07 Å². The molecule has 0 radical (unpaired) electrons. The highest BCUT2D eigenvalue weighted by molar-refractivity contribution is 9.10. The van der Waals surface area contributed by atoms with Gasteiger partial charge in [-0.25, -0.2) is 29.9 Å². The van der Waals surface area contributed by atoms with Crippen LogP contribution in [-0.2, 0) is 38.2 Å². The van der Waals surface area contributed by atoms with Gasteiger partial charge in [-0.05, 0) is 220 Å². The molecule has 2 atom stereocenters. The number of pyridine rings is 6. The van der Waals surface area contributed by atoms with E-state index in [9.17, 15) is 50.7 Å². The number of amides is 5. The van der Waals surface area contributed by atoms with Crippen LogP contribution in [0.3, 0.4) is 0 Å². The van der Waals surface area contributed by atoms with Crippen LogP contribution >= 0.6 is 43.5 Å². The Labute approximate surface area is 678 Å². The predicted octanol–water partition coefficient (Wildman–Crippen LogP) is 14.0. The summed E-state index contributed by atoms with van der Waals surface area (Å²) < 4.78 is 87.9. The Morgan fingerprint density at radius 3 is 1.11 bits per heavy atom. The standard InChI is InChI=1S/C18H26N4O2.C13H15FN2O2.2C13H11FN2O2.C9H8BrFN2O.C5H4BrFN2.C5H12N2.C4H5ClO/c1-21-7-9-22(10-8-21)17-15(14-6-11-24-12-14)4-5-16(19-17)20-18(23)13-2-3-13;3*14-12-10(9-5-6-18-7-9)3-4-11(15-12)16-13(17)8-1-2-8;10-6-3-4-7(12-8(6)11)13-9(14)5-1-2-5;6-3-1-2-4(8)9-5(3)7;1-7-4-2-6-3-5-7;5-4(6)3-1-2-3/h4-5,13-14H,2-3,6-12H2,1H3,(H,19,20,23);3-4,8-9H,1-2,5-7H2,(H,15,16,17);2*3-8H,1-2H2,(H,15,16,17);3-5H,1-2H2,(H,12,13,14);1-2H,(H2,8,9);6H,2-5H2,1H3;3H,1-2H2. The summed E-state index contributed by atoms with van der Waals surface area (Å²) in [5, 5.41) is 16.5. The number of hydrogen-bond donors (Lipinski definition) is 7. The first-order chi connectivity index (χ1) is 55.0. The van der Waals surface area contributed by atoms with Crippen molar-refractivity contribution in [2.75, 3.05) is 130 Å². The molecule has 5 amide bonds.